The van der Waals surface area contributed by atoms with Gasteiger partial charge in [0, 0.05) is 41.7 Å². The zero-order chi connectivity index (χ0) is 21.2. The third kappa shape index (κ3) is 5.45. The van der Waals surface area contributed by atoms with Gasteiger partial charge in [-0.2, -0.15) is 13.2 Å². The Morgan fingerprint density at radius 3 is 2.41 bits per heavy atom. The molecule has 0 bridgehead atoms. The van der Waals surface area contributed by atoms with Gasteiger partial charge in [0.2, 0.25) is 5.91 Å². The van der Waals surface area contributed by atoms with Gasteiger partial charge in [-0.3, -0.25) is 4.79 Å². The molecule has 0 atom stereocenters. The number of nitrogens with zero attached hydrogens (tertiary/aromatic N) is 3. The average Bonchev–Trinajstić information content (AvgIpc) is 2.69. The molecule has 1 aromatic carbocycles. The molecule has 4 nitrogen and oxygen atoms in total. The second kappa shape index (κ2) is 8.95. The zero-order valence-electron chi connectivity index (χ0n) is 16.1. The first-order valence-corrected chi connectivity index (χ1v) is 10.9. The second-order valence-corrected chi connectivity index (χ2v) is 8.80. The molecule has 1 fully saturated rings. The topological polar surface area (TPSA) is 36.4 Å². The third-order valence-electron chi connectivity index (χ3n) is 4.84. The van der Waals surface area contributed by atoms with Crippen LogP contribution in [0.5, 0.6) is 0 Å². The van der Waals surface area contributed by atoms with E-state index in [1.807, 2.05) is 18.7 Å². The number of benzene rings is 1. The van der Waals surface area contributed by atoms with Crippen LogP contribution < -0.4 is 4.90 Å². The normalized spacial score (nSPS) is 15.0. The number of aryl methyl sites for hydroxylation is 2. The van der Waals surface area contributed by atoms with Gasteiger partial charge in [0.05, 0.1) is 11.3 Å². The van der Waals surface area contributed by atoms with Crippen LogP contribution in [-0.4, -0.2) is 47.7 Å². The van der Waals surface area contributed by atoms with Gasteiger partial charge in [0.1, 0.15) is 5.82 Å². The fourth-order valence-electron chi connectivity index (χ4n) is 3.07. The minimum absolute atomic E-state index is 0.0648. The highest BCUT2D eigenvalue weighted by Crippen LogP contribution is 2.30. The number of aromatic nitrogens is 1. The summed E-state index contributed by atoms with van der Waals surface area (Å²) in [4.78, 5) is 21.3. The number of carbonyl (C=O) groups excluding carboxylic acids is 1. The van der Waals surface area contributed by atoms with Crippen LogP contribution >= 0.6 is 27.7 Å². The van der Waals surface area contributed by atoms with E-state index in [0.29, 0.717) is 37.7 Å². The van der Waals surface area contributed by atoms with Crippen molar-refractivity contribution >= 4 is 39.4 Å². The Kier molecular flexibility index (Phi) is 6.78. The van der Waals surface area contributed by atoms with Crippen molar-refractivity contribution in [2.45, 2.75) is 24.9 Å². The van der Waals surface area contributed by atoms with E-state index in [1.165, 1.54) is 17.8 Å². The molecule has 0 N–H and O–H groups in total. The van der Waals surface area contributed by atoms with Crippen molar-refractivity contribution in [2.24, 2.45) is 0 Å². The Hall–Kier alpha value is -1.74. The van der Waals surface area contributed by atoms with Crippen LogP contribution in [0.4, 0.5) is 19.0 Å². The van der Waals surface area contributed by atoms with Gasteiger partial charge in [-0.25, -0.2) is 4.98 Å². The number of halogens is 4. The summed E-state index contributed by atoms with van der Waals surface area (Å²) >= 11 is 5.04. The predicted molar refractivity (Wildman–Crippen MR) is 112 cm³/mol. The van der Waals surface area contributed by atoms with Gasteiger partial charge in [0.15, 0.2) is 0 Å². The molecule has 1 saturated heterocycles. The SMILES string of the molecule is Cc1cc(SCC(=O)N2CCN(c3ccc(C(F)(F)F)cn3)CC2)c(C)cc1Br. The van der Waals surface area contributed by atoms with E-state index in [0.717, 1.165) is 32.8 Å². The lowest BCUT2D eigenvalue weighted by Crippen LogP contribution is -2.49. The summed E-state index contributed by atoms with van der Waals surface area (Å²) in [5.41, 5.74) is 1.49. The molecule has 1 aromatic heterocycles. The maximum Gasteiger partial charge on any atom is 0.417 e. The second-order valence-electron chi connectivity index (χ2n) is 6.93. The van der Waals surface area contributed by atoms with Gasteiger partial charge in [0.25, 0.3) is 0 Å². The van der Waals surface area contributed by atoms with E-state index in [4.69, 9.17) is 0 Å². The molecule has 2 aromatic rings. The number of thioether (sulfide) groups is 1. The maximum atomic E-state index is 12.7. The van der Waals surface area contributed by atoms with Crippen LogP contribution in [0.15, 0.2) is 39.8 Å². The Morgan fingerprint density at radius 1 is 1.14 bits per heavy atom. The number of pyridine rings is 1. The zero-order valence-corrected chi connectivity index (χ0v) is 18.5. The Balaban J connectivity index is 1.52. The molecule has 1 aliphatic rings. The highest BCUT2D eigenvalue weighted by Gasteiger charge is 2.31. The van der Waals surface area contributed by atoms with Crippen LogP contribution in [0.25, 0.3) is 0 Å². The number of amides is 1. The molecule has 0 saturated carbocycles. The Morgan fingerprint density at radius 2 is 1.83 bits per heavy atom. The number of anilines is 1. The van der Waals surface area contributed by atoms with Crippen LogP contribution in [0, 0.1) is 13.8 Å². The molecule has 29 heavy (non-hydrogen) atoms. The monoisotopic (exact) mass is 487 g/mol. The molecule has 0 spiro atoms. The van der Waals surface area contributed by atoms with E-state index in [-0.39, 0.29) is 5.91 Å². The van der Waals surface area contributed by atoms with Crippen molar-refractivity contribution in [1.29, 1.82) is 0 Å². The van der Waals surface area contributed by atoms with Crippen molar-refractivity contribution in [1.82, 2.24) is 9.88 Å². The number of piperazine rings is 1. The molecule has 9 heteroatoms. The van der Waals surface area contributed by atoms with E-state index in [2.05, 4.69) is 33.0 Å². The van der Waals surface area contributed by atoms with Crippen LogP contribution in [0.2, 0.25) is 0 Å². The molecule has 3 rings (SSSR count). The summed E-state index contributed by atoms with van der Waals surface area (Å²) in [7, 11) is 0. The quantitative estimate of drug-likeness (QED) is 0.573. The van der Waals surface area contributed by atoms with Crippen LogP contribution in [0.1, 0.15) is 16.7 Å². The van der Waals surface area contributed by atoms with E-state index < -0.39 is 11.7 Å². The summed E-state index contributed by atoms with van der Waals surface area (Å²) in [5.74, 6) is 0.927. The Bertz CT molecular complexity index is 882. The first-order chi connectivity index (χ1) is 13.6. The smallest absolute Gasteiger partial charge is 0.353 e. The van der Waals surface area contributed by atoms with Crippen molar-refractivity contribution in [3.8, 4) is 0 Å². The van der Waals surface area contributed by atoms with Crippen molar-refractivity contribution in [2.75, 3.05) is 36.8 Å². The summed E-state index contributed by atoms with van der Waals surface area (Å²) in [5, 5.41) is 0. The van der Waals surface area contributed by atoms with Crippen molar-refractivity contribution in [3.63, 3.8) is 0 Å². The summed E-state index contributed by atoms with van der Waals surface area (Å²) < 4.78 is 39.0. The Labute approximate surface area is 180 Å². The number of carbonyl (C=O) groups is 1. The summed E-state index contributed by atoms with van der Waals surface area (Å²) in [6, 6.07) is 6.55. The third-order valence-corrected chi connectivity index (χ3v) is 6.84. The van der Waals surface area contributed by atoms with Gasteiger partial charge in [-0.05, 0) is 49.2 Å². The number of rotatable bonds is 4. The summed E-state index contributed by atoms with van der Waals surface area (Å²) in [6.07, 6.45) is -3.54. The van der Waals surface area contributed by atoms with Crippen molar-refractivity contribution in [3.05, 3.63) is 51.6 Å². The fourth-order valence-corrected chi connectivity index (χ4v) is 4.53. The molecule has 156 valence electrons. The van der Waals surface area contributed by atoms with Crippen LogP contribution in [-0.2, 0) is 11.0 Å². The first kappa shape index (κ1) is 22.0. The molecular weight excluding hydrogens is 467 g/mol. The van der Waals surface area contributed by atoms with Gasteiger partial charge in [-0.15, -0.1) is 11.8 Å². The fraction of sp³-hybridized carbons (Fsp3) is 0.400. The number of hydrogen-bond donors (Lipinski definition) is 0. The van der Waals surface area contributed by atoms with Crippen molar-refractivity contribution < 1.29 is 18.0 Å². The largest absolute Gasteiger partial charge is 0.417 e. The minimum atomic E-state index is -4.39. The minimum Gasteiger partial charge on any atom is -0.353 e. The molecule has 2 heterocycles. The van der Waals surface area contributed by atoms with Gasteiger partial charge >= 0.3 is 6.18 Å². The lowest BCUT2D eigenvalue weighted by atomic mass is 10.2. The average molecular weight is 488 g/mol. The highest BCUT2D eigenvalue weighted by molar-refractivity contribution is 9.10. The van der Waals surface area contributed by atoms with Gasteiger partial charge < -0.3 is 9.80 Å². The molecule has 0 unspecified atom stereocenters. The molecule has 0 aliphatic carbocycles. The lowest BCUT2D eigenvalue weighted by Gasteiger charge is -2.35. The molecular formula is C20H21BrF3N3OS. The predicted octanol–water partition coefficient (Wildman–Crippen LogP) is 4.92. The molecule has 1 aliphatic heterocycles. The first-order valence-electron chi connectivity index (χ1n) is 9.10. The highest BCUT2D eigenvalue weighted by atomic mass is 79.9. The summed E-state index contributed by atoms with van der Waals surface area (Å²) in [6.45, 7) is 6.19. The standard InChI is InChI=1S/C20H21BrF3N3OS/c1-13-10-17(14(2)9-16(13)21)29-12-19(28)27-7-5-26(6-8-27)18-4-3-15(11-25-18)20(22,23)24/h3-4,9-11H,5-8,12H2,1-2H3. The maximum absolute atomic E-state index is 12.7. The van der Waals surface area contributed by atoms with E-state index in [1.54, 1.807) is 4.90 Å². The van der Waals surface area contributed by atoms with E-state index >= 15 is 0 Å². The molecule has 0 radical (unpaired) electrons. The number of alkyl halides is 3. The van der Waals surface area contributed by atoms with E-state index in [9.17, 15) is 18.0 Å². The lowest BCUT2D eigenvalue weighted by molar-refractivity contribution is -0.137. The molecule has 1 amide bonds. The van der Waals surface area contributed by atoms with Gasteiger partial charge in [-0.1, -0.05) is 15.9 Å². The number of hydrogen-bond acceptors (Lipinski definition) is 4. The van der Waals surface area contributed by atoms with Crippen LogP contribution in [0.3, 0.4) is 0 Å².